The summed E-state index contributed by atoms with van der Waals surface area (Å²) < 4.78 is 6.77. The van der Waals surface area contributed by atoms with Gasteiger partial charge in [-0.15, -0.1) is 11.3 Å². The van der Waals surface area contributed by atoms with Crippen LogP contribution >= 0.6 is 11.3 Å². The number of amides is 2. The Bertz CT molecular complexity index is 1110. The fourth-order valence-corrected chi connectivity index (χ4v) is 3.68. The van der Waals surface area contributed by atoms with Gasteiger partial charge in [0.2, 0.25) is 0 Å². The number of nitrogens with one attached hydrogen (secondary N) is 2. The van der Waals surface area contributed by atoms with Crippen molar-refractivity contribution in [1.29, 1.82) is 0 Å². The van der Waals surface area contributed by atoms with Gasteiger partial charge in [0.25, 0.3) is 11.8 Å². The molecule has 0 saturated heterocycles. The van der Waals surface area contributed by atoms with Crippen LogP contribution in [0.3, 0.4) is 0 Å². The summed E-state index contributed by atoms with van der Waals surface area (Å²) in [6, 6.07) is 14.2. The van der Waals surface area contributed by atoms with E-state index in [1.54, 1.807) is 29.1 Å². The fourth-order valence-electron chi connectivity index (χ4n) is 2.72. The van der Waals surface area contributed by atoms with Crippen LogP contribution in [0.4, 0.5) is 10.7 Å². The molecule has 4 rings (SSSR count). The van der Waals surface area contributed by atoms with Gasteiger partial charge in [-0.05, 0) is 48.9 Å². The summed E-state index contributed by atoms with van der Waals surface area (Å²) in [5.74, 6) is -0.395. The van der Waals surface area contributed by atoms with Crippen LogP contribution in [0.5, 0.6) is 0 Å². The first-order valence-corrected chi connectivity index (χ1v) is 9.29. The van der Waals surface area contributed by atoms with Gasteiger partial charge in [-0.25, -0.2) is 4.68 Å². The quantitative estimate of drug-likeness (QED) is 0.529. The Morgan fingerprint density at radius 3 is 2.68 bits per heavy atom. The summed E-state index contributed by atoms with van der Waals surface area (Å²) in [5.41, 5.74) is 2.18. The molecule has 8 heteroatoms. The van der Waals surface area contributed by atoms with Crippen molar-refractivity contribution in [3.05, 3.63) is 83.4 Å². The summed E-state index contributed by atoms with van der Waals surface area (Å²) in [5, 5.41) is 10.5. The normalized spacial score (nSPS) is 10.6. The predicted octanol–water partition coefficient (Wildman–Crippen LogP) is 4.34. The number of aryl methyl sites for hydroxylation is 1. The molecule has 2 N–H and O–H groups in total. The molecule has 140 valence electrons. The van der Waals surface area contributed by atoms with Gasteiger partial charge in [-0.1, -0.05) is 12.1 Å². The third kappa shape index (κ3) is 3.58. The van der Waals surface area contributed by atoms with E-state index in [9.17, 15) is 9.59 Å². The molecule has 0 unspecified atom stereocenters. The maximum Gasteiger partial charge on any atom is 0.291 e. The lowest BCUT2D eigenvalue weighted by molar-refractivity contribution is 0.0995. The smallest absolute Gasteiger partial charge is 0.291 e. The average molecular weight is 392 g/mol. The lowest BCUT2D eigenvalue weighted by atomic mass is 10.2. The zero-order valence-corrected chi connectivity index (χ0v) is 15.7. The predicted molar refractivity (Wildman–Crippen MR) is 107 cm³/mol. The molecule has 0 aliphatic rings. The summed E-state index contributed by atoms with van der Waals surface area (Å²) >= 11 is 1.21. The molecule has 0 atom stereocenters. The average Bonchev–Trinajstić information content (AvgIpc) is 3.44. The van der Waals surface area contributed by atoms with Gasteiger partial charge >= 0.3 is 0 Å². The molecule has 1 aromatic carbocycles. The van der Waals surface area contributed by atoms with Crippen LogP contribution in [0.2, 0.25) is 0 Å². The van der Waals surface area contributed by atoms with Crippen molar-refractivity contribution in [2.24, 2.45) is 0 Å². The Morgan fingerprint density at radius 2 is 1.93 bits per heavy atom. The fraction of sp³-hybridized carbons (Fsp3) is 0.0500. The van der Waals surface area contributed by atoms with Crippen LogP contribution in [0.1, 0.15) is 25.8 Å². The minimum Gasteiger partial charge on any atom is -0.459 e. The second-order valence-corrected chi connectivity index (χ2v) is 7.03. The van der Waals surface area contributed by atoms with Crippen LogP contribution < -0.4 is 10.6 Å². The van der Waals surface area contributed by atoms with Crippen molar-refractivity contribution in [3.63, 3.8) is 0 Å². The Hall–Kier alpha value is -3.65. The summed E-state index contributed by atoms with van der Waals surface area (Å²) in [4.78, 5) is 25.5. The second-order valence-electron chi connectivity index (χ2n) is 5.98. The zero-order chi connectivity index (χ0) is 19.5. The molecular weight excluding hydrogens is 376 g/mol. The van der Waals surface area contributed by atoms with Crippen LogP contribution in [-0.2, 0) is 0 Å². The third-order valence-electron chi connectivity index (χ3n) is 4.01. The first-order valence-electron chi connectivity index (χ1n) is 8.47. The second kappa shape index (κ2) is 7.53. The van der Waals surface area contributed by atoms with Crippen LogP contribution in [0.25, 0.3) is 5.69 Å². The van der Waals surface area contributed by atoms with E-state index in [0.717, 1.165) is 11.3 Å². The Balaban J connectivity index is 1.54. The van der Waals surface area contributed by atoms with E-state index in [2.05, 4.69) is 15.7 Å². The number of rotatable bonds is 5. The molecule has 0 bridgehead atoms. The molecule has 0 aliphatic heterocycles. The molecule has 3 heterocycles. The number of hydrogen-bond donors (Lipinski definition) is 2. The molecule has 7 nitrogen and oxygen atoms in total. The van der Waals surface area contributed by atoms with Gasteiger partial charge in [0.15, 0.2) is 5.76 Å². The number of anilines is 2. The van der Waals surface area contributed by atoms with Crippen molar-refractivity contribution in [1.82, 2.24) is 9.78 Å². The minimum atomic E-state index is -0.359. The number of aromatic nitrogens is 2. The van der Waals surface area contributed by atoms with Crippen LogP contribution in [0, 0.1) is 6.92 Å². The molecular formula is C20H16N4O3S. The summed E-state index contributed by atoms with van der Waals surface area (Å²) in [6.07, 6.45) is 4.92. The van der Waals surface area contributed by atoms with E-state index in [0.29, 0.717) is 15.6 Å². The number of para-hydroxylation sites is 2. The molecule has 3 aromatic heterocycles. The molecule has 4 aromatic rings. The molecule has 0 aliphatic carbocycles. The highest BCUT2D eigenvalue weighted by atomic mass is 32.1. The van der Waals surface area contributed by atoms with Crippen molar-refractivity contribution in [2.45, 2.75) is 6.92 Å². The lowest BCUT2D eigenvalue weighted by Gasteiger charge is -2.10. The van der Waals surface area contributed by atoms with Crippen molar-refractivity contribution in [2.75, 3.05) is 10.6 Å². The van der Waals surface area contributed by atoms with Crippen molar-refractivity contribution >= 4 is 33.8 Å². The number of carbonyl (C=O) groups is 2. The highest BCUT2D eigenvalue weighted by Gasteiger charge is 2.18. The minimum absolute atomic E-state index is 0.213. The first-order chi connectivity index (χ1) is 13.6. The Kier molecular flexibility index (Phi) is 4.77. The Morgan fingerprint density at radius 1 is 1.07 bits per heavy atom. The molecule has 28 heavy (non-hydrogen) atoms. The van der Waals surface area contributed by atoms with E-state index in [-0.39, 0.29) is 17.6 Å². The van der Waals surface area contributed by atoms with Crippen LogP contribution in [0.15, 0.2) is 71.6 Å². The SMILES string of the molecule is Cc1cc(NC(=O)c2ccco2)sc1C(=O)Nc1ccccc1-n1cccn1. The van der Waals surface area contributed by atoms with E-state index in [4.69, 9.17) is 4.42 Å². The van der Waals surface area contributed by atoms with Gasteiger partial charge < -0.3 is 15.1 Å². The number of thiophene rings is 1. The Labute approximate surface area is 164 Å². The third-order valence-corrected chi connectivity index (χ3v) is 5.16. The highest BCUT2D eigenvalue weighted by molar-refractivity contribution is 7.18. The number of nitrogens with zero attached hydrogens (tertiary/aromatic N) is 2. The summed E-state index contributed by atoms with van der Waals surface area (Å²) in [7, 11) is 0. The van der Waals surface area contributed by atoms with E-state index < -0.39 is 0 Å². The lowest BCUT2D eigenvalue weighted by Crippen LogP contribution is -2.13. The van der Waals surface area contributed by atoms with E-state index in [1.165, 1.54) is 17.6 Å². The maximum absolute atomic E-state index is 12.8. The van der Waals surface area contributed by atoms with Gasteiger partial charge in [0.1, 0.15) is 0 Å². The van der Waals surface area contributed by atoms with Crippen LogP contribution in [-0.4, -0.2) is 21.6 Å². The van der Waals surface area contributed by atoms with Crippen molar-refractivity contribution in [3.8, 4) is 5.69 Å². The number of benzene rings is 1. The monoisotopic (exact) mass is 392 g/mol. The molecule has 0 spiro atoms. The number of furan rings is 1. The molecule has 0 fully saturated rings. The summed E-state index contributed by atoms with van der Waals surface area (Å²) in [6.45, 7) is 1.83. The van der Waals surface area contributed by atoms with Gasteiger partial charge in [-0.3, -0.25) is 9.59 Å². The standard InChI is InChI=1S/C20H16N4O3S/c1-13-12-17(23-19(25)16-8-4-11-27-16)28-18(13)20(26)22-14-6-2-3-7-15(14)24-10-5-9-21-24/h2-12H,1H3,(H,22,26)(H,23,25). The topological polar surface area (TPSA) is 89.2 Å². The zero-order valence-electron chi connectivity index (χ0n) is 14.9. The maximum atomic E-state index is 12.8. The number of hydrogen-bond acceptors (Lipinski definition) is 5. The first kappa shape index (κ1) is 17.7. The van der Waals surface area contributed by atoms with E-state index >= 15 is 0 Å². The van der Waals surface area contributed by atoms with E-state index in [1.807, 2.05) is 43.5 Å². The highest BCUT2D eigenvalue weighted by Crippen LogP contribution is 2.29. The van der Waals surface area contributed by atoms with Crippen molar-refractivity contribution < 1.29 is 14.0 Å². The largest absolute Gasteiger partial charge is 0.459 e. The van der Waals surface area contributed by atoms with Gasteiger partial charge in [-0.2, -0.15) is 5.10 Å². The molecule has 2 amide bonds. The molecule has 0 radical (unpaired) electrons. The van der Waals surface area contributed by atoms with Gasteiger partial charge in [0.05, 0.1) is 27.5 Å². The van der Waals surface area contributed by atoms with Gasteiger partial charge in [0, 0.05) is 12.4 Å². The number of carbonyl (C=O) groups excluding carboxylic acids is 2. The molecule has 0 saturated carbocycles.